The van der Waals surface area contributed by atoms with Crippen LogP contribution in [0.25, 0.3) is 0 Å². The SMILES string of the molecule is CC1=C[C@H](O)[C@H]2C[C@@H](C)CC[C@]2(C)[C@@]1(C)C(=O)CCO. The number of ketones is 1. The summed E-state index contributed by atoms with van der Waals surface area (Å²) in [6.07, 6.45) is 4.68. The summed E-state index contributed by atoms with van der Waals surface area (Å²) in [6, 6.07) is 0. The molecule has 2 rings (SSSR count). The maximum Gasteiger partial charge on any atom is 0.145 e. The highest BCUT2D eigenvalue weighted by Gasteiger charge is 2.59. The Kier molecular flexibility index (Phi) is 4.14. The van der Waals surface area contributed by atoms with Gasteiger partial charge in [0.2, 0.25) is 0 Å². The smallest absolute Gasteiger partial charge is 0.145 e. The van der Waals surface area contributed by atoms with E-state index in [9.17, 15) is 9.90 Å². The van der Waals surface area contributed by atoms with Gasteiger partial charge in [-0.05, 0) is 43.9 Å². The molecule has 0 heterocycles. The summed E-state index contributed by atoms with van der Waals surface area (Å²) in [6.45, 7) is 8.27. The van der Waals surface area contributed by atoms with E-state index in [1.807, 2.05) is 19.9 Å². The van der Waals surface area contributed by atoms with Gasteiger partial charge in [0.15, 0.2) is 0 Å². The van der Waals surface area contributed by atoms with E-state index in [2.05, 4.69) is 13.8 Å². The number of allylic oxidation sites excluding steroid dienone is 1. The standard InChI is InChI=1S/C17H28O3/c1-11-5-7-16(3)13(9-11)14(19)10-12(2)17(16,4)15(20)6-8-18/h10-11,13-14,18-19H,5-9H2,1-4H3/t11-,13+,14-,16-,17+/m0/s1. The lowest BCUT2D eigenvalue weighted by Gasteiger charge is -2.58. The second-order valence-electron chi connectivity index (χ2n) is 7.27. The van der Waals surface area contributed by atoms with Gasteiger partial charge >= 0.3 is 0 Å². The van der Waals surface area contributed by atoms with Crippen molar-refractivity contribution < 1.29 is 15.0 Å². The quantitative estimate of drug-likeness (QED) is 0.782. The number of carbonyl (C=O) groups excluding carboxylic acids is 1. The van der Waals surface area contributed by atoms with Gasteiger partial charge in [-0.25, -0.2) is 0 Å². The first-order valence-corrected chi connectivity index (χ1v) is 7.78. The largest absolute Gasteiger partial charge is 0.396 e. The molecule has 0 saturated heterocycles. The van der Waals surface area contributed by atoms with Crippen LogP contribution in [0.2, 0.25) is 0 Å². The zero-order valence-corrected chi connectivity index (χ0v) is 13.1. The Morgan fingerprint density at radius 2 is 2.10 bits per heavy atom. The van der Waals surface area contributed by atoms with Gasteiger partial charge in [0.05, 0.1) is 11.5 Å². The molecule has 2 aliphatic rings. The van der Waals surface area contributed by atoms with E-state index in [1.165, 1.54) is 0 Å². The molecule has 0 radical (unpaired) electrons. The van der Waals surface area contributed by atoms with Crippen molar-refractivity contribution in [1.29, 1.82) is 0 Å². The Morgan fingerprint density at radius 1 is 1.45 bits per heavy atom. The molecule has 1 saturated carbocycles. The molecule has 1 fully saturated rings. The molecule has 0 aliphatic heterocycles. The van der Waals surface area contributed by atoms with E-state index in [0.717, 1.165) is 24.8 Å². The van der Waals surface area contributed by atoms with E-state index in [0.29, 0.717) is 5.92 Å². The normalized spacial score (nSPS) is 44.7. The molecule has 0 bridgehead atoms. The summed E-state index contributed by atoms with van der Waals surface area (Å²) in [7, 11) is 0. The summed E-state index contributed by atoms with van der Waals surface area (Å²) in [5.74, 6) is 0.858. The predicted octanol–water partition coefficient (Wildman–Crippen LogP) is 2.71. The number of hydrogen-bond donors (Lipinski definition) is 2. The van der Waals surface area contributed by atoms with Crippen LogP contribution in [0.4, 0.5) is 0 Å². The number of hydrogen-bond acceptors (Lipinski definition) is 3. The molecular weight excluding hydrogens is 252 g/mol. The Hall–Kier alpha value is -0.670. The maximum absolute atomic E-state index is 12.7. The molecule has 2 N–H and O–H groups in total. The van der Waals surface area contributed by atoms with E-state index in [4.69, 9.17) is 5.11 Å². The Morgan fingerprint density at radius 3 is 2.70 bits per heavy atom. The summed E-state index contributed by atoms with van der Waals surface area (Å²) in [4.78, 5) is 12.7. The Bertz CT molecular complexity index is 428. The zero-order valence-electron chi connectivity index (χ0n) is 13.1. The predicted molar refractivity (Wildman–Crippen MR) is 79.2 cm³/mol. The van der Waals surface area contributed by atoms with Crippen LogP contribution >= 0.6 is 0 Å². The van der Waals surface area contributed by atoms with Crippen LogP contribution in [-0.2, 0) is 4.79 Å². The van der Waals surface area contributed by atoms with Gasteiger partial charge in [-0.2, -0.15) is 0 Å². The summed E-state index contributed by atoms with van der Waals surface area (Å²) < 4.78 is 0. The molecule has 3 nitrogen and oxygen atoms in total. The number of aliphatic hydroxyl groups excluding tert-OH is 2. The highest BCUT2D eigenvalue weighted by molar-refractivity contribution is 5.89. The third-order valence-corrected chi connectivity index (χ3v) is 6.29. The van der Waals surface area contributed by atoms with Crippen molar-refractivity contribution in [3.8, 4) is 0 Å². The summed E-state index contributed by atoms with van der Waals surface area (Å²) in [5.41, 5.74) is 0.209. The average Bonchev–Trinajstić information content (AvgIpc) is 2.39. The fourth-order valence-electron chi connectivity index (χ4n) is 4.56. The molecule has 3 heteroatoms. The molecule has 20 heavy (non-hydrogen) atoms. The summed E-state index contributed by atoms with van der Waals surface area (Å²) in [5, 5.41) is 19.6. The summed E-state index contributed by atoms with van der Waals surface area (Å²) >= 11 is 0. The molecule has 2 aliphatic carbocycles. The lowest BCUT2D eigenvalue weighted by atomic mass is 9.46. The van der Waals surface area contributed by atoms with Gasteiger partial charge in [0.1, 0.15) is 5.78 Å². The van der Waals surface area contributed by atoms with Crippen molar-refractivity contribution in [2.45, 2.75) is 59.5 Å². The zero-order chi connectivity index (χ0) is 15.1. The van der Waals surface area contributed by atoms with Gasteiger partial charge in [-0.3, -0.25) is 4.79 Å². The van der Waals surface area contributed by atoms with E-state index >= 15 is 0 Å². The lowest BCUT2D eigenvalue weighted by Crippen LogP contribution is -2.57. The highest BCUT2D eigenvalue weighted by Crippen LogP contribution is 2.61. The van der Waals surface area contributed by atoms with Crippen molar-refractivity contribution in [3.05, 3.63) is 11.6 Å². The van der Waals surface area contributed by atoms with Crippen molar-refractivity contribution in [1.82, 2.24) is 0 Å². The topological polar surface area (TPSA) is 57.5 Å². The number of rotatable bonds is 3. The van der Waals surface area contributed by atoms with Gasteiger partial charge in [-0.1, -0.05) is 31.9 Å². The van der Waals surface area contributed by atoms with Crippen LogP contribution in [0.3, 0.4) is 0 Å². The van der Waals surface area contributed by atoms with Gasteiger partial charge < -0.3 is 10.2 Å². The van der Waals surface area contributed by atoms with Gasteiger partial charge in [-0.15, -0.1) is 0 Å². The maximum atomic E-state index is 12.7. The molecule has 0 unspecified atom stereocenters. The molecule has 0 aromatic rings. The van der Waals surface area contributed by atoms with Crippen LogP contribution in [-0.4, -0.2) is 28.7 Å². The van der Waals surface area contributed by atoms with E-state index < -0.39 is 11.5 Å². The Labute approximate surface area is 122 Å². The number of carbonyl (C=O) groups is 1. The number of Topliss-reactive ketones (excluding diaryl/α,β-unsaturated/α-hetero) is 1. The van der Waals surface area contributed by atoms with Crippen LogP contribution in [0.1, 0.15) is 53.4 Å². The number of fused-ring (bicyclic) bond motifs is 1. The van der Waals surface area contributed by atoms with Crippen molar-refractivity contribution in [2.24, 2.45) is 22.7 Å². The fraction of sp³-hybridized carbons (Fsp3) is 0.824. The molecule has 0 aromatic heterocycles. The first-order valence-electron chi connectivity index (χ1n) is 7.78. The van der Waals surface area contributed by atoms with Gasteiger partial charge in [0.25, 0.3) is 0 Å². The molecule has 5 atom stereocenters. The fourth-order valence-corrected chi connectivity index (χ4v) is 4.56. The molecular formula is C17H28O3. The van der Waals surface area contributed by atoms with Crippen molar-refractivity contribution in [2.75, 3.05) is 6.61 Å². The van der Waals surface area contributed by atoms with E-state index in [-0.39, 0.29) is 30.1 Å². The van der Waals surface area contributed by atoms with E-state index in [1.54, 1.807) is 0 Å². The van der Waals surface area contributed by atoms with Crippen LogP contribution in [0, 0.1) is 22.7 Å². The molecule has 114 valence electrons. The first-order chi connectivity index (χ1) is 9.27. The highest BCUT2D eigenvalue weighted by atomic mass is 16.3. The third-order valence-electron chi connectivity index (χ3n) is 6.29. The second-order valence-corrected chi connectivity index (χ2v) is 7.27. The first kappa shape index (κ1) is 15.7. The molecule has 0 amide bonds. The second kappa shape index (κ2) is 5.27. The minimum atomic E-state index is -0.556. The average molecular weight is 280 g/mol. The van der Waals surface area contributed by atoms with Crippen molar-refractivity contribution >= 4 is 5.78 Å². The van der Waals surface area contributed by atoms with Crippen LogP contribution in [0.15, 0.2) is 11.6 Å². The number of aliphatic hydroxyl groups is 2. The monoisotopic (exact) mass is 280 g/mol. The third kappa shape index (κ3) is 2.06. The van der Waals surface area contributed by atoms with Crippen LogP contribution < -0.4 is 0 Å². The lowest BCUT2D eigenvalue weighted by molar-refractivity contribution is -0.144. The Balaban J connectivity index is 2.49. The van der Waals surface area contributed by atoms with Crippen LogP contribution in [0.5, 0.6) is 0 Å². The van der Waals surface area contributed by atoms with Crippen molar-refractivity contribution in [3.63, 3.8) is 0 Å². The van der Waals surface area contributed by atoms with Gasteiger partial charge in [0, 0.05) is 13.0 Å². The molecule has 0 spiro atoms. The minimum Gasteiger partial charge on any atom is -0.396 e. The minimum absolute atomic E-state index is 0.0958. The molecule has 0 aromatic carbocycles.